The van der Waals surface area contributed by atoms with Crippen LogP contribution < -0.4 is 0 Å². The van der Waals surface area contributed by atoms with Crippen LogP contribution in [-0.2, 0) is 19.1 Å². The Hall–Kier alpha value is -2.18. The second-order valence-electron chi connectivity index (χ2n) is 6.82. The van der Waals surface area contributed by atoms with Crippen molar-refractivity contribution in [2.24, 2.45) is 5.92 Å². The average molecular weight is 362 g/mol. The smallest absolute Gasteiger partial charge is 0.334 e. The monoisotopic (exact) mass is 362 g/mol. The highest BCUT2D eigenvalue weighted by Gasteiger charge is 2.46. The van der Waals surface area contributed by atoms with Crippen LogP contribution in [0.25, 0.3) is 0 Å². The molecule has 2 N–H and O–H groups in total. The van der Waals surface area contributed by atoms with Gasteiger partial charge < -0.3 is 19.7 Å². The quantitative estimate of drug-likeness (QED) is 0.443. The molecular weight excluding hydrogens is 336 g/mol. The van der Waals surface area contributed by atoms with Gasteiger partial charge in [0.1, 0.15) is 18.3 Å². The van der Waals surface area contributed by atoms with Crippen LogP contribution in [0.5, 0.6) is 0 Å². The Morgan fingerprint density at radius 2 is 2.00 bits per heavy atom. The second kappa shape index (κ2) is 8.01. The first-order valence-corrected chi connectivity index (χ1v) is 8.62. The molecule has 26 heavy (non-hydrogen) atoms. The summed E-state index contributed by atoms with van der Waals surface area (Å²) in [5, 5.41) is 21.2. The van der Waals surface area contributed by atoms with E-state index in [-0.39, 0.29) is 5.57 Å². The standard InChI is InChI=1S/C20H26O6/c1-6-10(2)19(23)26-18-11(3)7-8-14(21)12(4)9-15-16(17(18)22)13(5)20(24)25-15/h6-7,9,14-18,21-22H,5,8H2,1-4H3/b10-6+,11-7-,12-9-. The molecule has 0 aromatic heterocycles. The Morgan fingerprint density at radius 1 is 1.35 bits per heavy atom. The van der Waals surface area contributed by atoms with E-state index in [4.69, 9.17) is 9.47 Å². The Labute approximate surface area is 153 Å². The SMILES string of the molecule is C=C1C(=O)OC2/C=C(/C)C(O)C/C=C(/C)C(OC(=O)/C(C)=C/C)C(O)C12. The van der Waals surface area contributed by atoms with Crippen LogP contribution in [0, 0.1) is 5.92 Å². The van der Waals surface area contributed by atoms with Gasteiger partial charge in [0, 0.05) is 11.1 Å². The van der Waals surface area contributed by atoms with E-state index in [1.54, 1.807) is 45.9 Å². The maximum Gasteiger partial charge on any atom is 0.334 e. The minimum atomic E-state index is -1.21. The lowest BCUT2D eigenvalue weighted by Crippen LogP contribution is -2.42. The number of fused-ring (bicyclic) bond motifs is 1. The summed E-state index contributed by atoms with van der Waals surface area (Å²) in [5.74, 6) is -1.93. The fourth-order valence-electron chi connectivity index (χ4n) is 3.06. The lowest BCUT2D eigenvalue weighted by molar-refractivity contribution is -0.150. The van der Waals surface area contributed by atoms with Gasteiger partial charge in [-0.05, 0) is 51.3 Å². The number of hydrogen-bond acceptors (Lipinski definition) is 6. The van der Waals surface area contributed by atoms with E-state index in [9.17, 15) is 19.8 Å². The van der Waals surface area contributed by atoms with Gasteiger partial charge in [-0.25, -0.2) is 9.59 Å². The van der Waals surface area contributed by atoms with Crippen LogP contribution >= 0.6 is 0 Å². The van der Waals surface area contributed by atoms with Crippen LogP contribution in [0.2, 0.25) is 0 Å². The fourth-order valence-corrected chi connectivity index (χ4v) is 3.06. The molecule has 142 valence electrons. The molecule has 2 aliphatic rings. The van der Waals surface area contributed by atoms with Crippen LogP contribution in [-0.4, -0.2) is 46.6 Å². The molecule has 1 heterocycles. The molecule has 0 radical (unpaired) electrons. The minimum Gasteiger partial charge on any atom is -0.454 e. The van der Waals surface area contributed by atoms with Gasteiger partial charge in [-0.1, -0.05) is 18.7 Å². The number of esters is 2. The number of ether oxygens (including phenoxy) is 2. The van der Waals surface area contributed by atoms with Gasteiger partial charge in [0.25, 0.3) is 0 Å². The molecule has 0 amide bonds. The van der Waals surface area contributed by atoms with Gasteiger partial charge in [-0.3, -0.25) is 0 Å². The van der Waals surface area contributed by atoms with Gasteiger partial charge in [-0.15, -0.1) is 0 Å². The maximum absolute atomic E-state index is 12.2. The number of hydrogen-bond donors (Lipinski definition) is 2. The van der Waals surface area contributed by atoms with E-state index in [2.05, 4.69) is 6.58 Å². The van der Waals surface area contributed by atoms with Crippen LogP contribution in [0.3, 0.4) is 0 Å². The number of carbonyl (C=O) groups excluding carboxylic acids is 2. The second-order valence-corrected chi connectivity index (χ2v) is 6.82. The van der Waals surface area contributed by atoms with Crippen molar-refractivity contribution in [3.8, 4) is 0 Å². The van der Waals surface area contributed by atoms with Crippen molar-refractivity contribution in [3.05, 3.63) is 47.1 Å². The number of allylic oxidation sites excluding steroid dienone is 1. The number of carbonyl (C=O) groups is 2. The van der Waals surface area contributed by atoms with Gasteiger partial charge >= 0.3 is 11.9 Å². The Morgan fingerprint density at radius 3 is 2.62 bits per heavy atom. The maximum atomic E-state index is 12.2. The molecule has 6 heteroatoms. The van der Waals surface area contributed by atoms with Gasteiger partial charge in [0.2, 0.25) is 0 Å². The third kappa shape index (κ3) is 3.97. The van der Waals surface area contributed by atoms with Crippen LogP contribution in [0.4, 0.5) is 0 Å². The first-order chi connectivity index (χ1) is 12.2. The lowest BCUT2D eigenvalue weighted by atomic mass is 9.83. The third-order valence-corrected chi connectivity index (χ3v) is 4.99. The molecular formula is C20H26O6. The number of aliphatic hydroxyl groups excluding tert-OH is 2. The molecule has 1 fully saturated rings. The first-order valence-electron chi connectivity index (χ1n) is 8.62. The molecule has 2 rings (SSSR count). The molecule has 1 aliphatic heterocycles. The molecule has 1 saturated heterocycles. The summed E-state index contributed by atoms with van der Waals surface area (Å²) in [6.45, 7) is 10.5. The summed E-state index contributed by atoms with van der Waals surface area (Å²) < 4.78 is 10.8. The van der Waals surface area contributed by atoms with Crippen molar-refractivity contribution in [2.75, 3.05) is 0 Å². The zero-order valence-corrected chi connectivity index (χ0v) is 15.6. The predicted octanol–water partition coefficient (Wildman–Crippen LogP) is 1.98. The third-order valence-electron chi connectivity index (χ3n) is 4.99. The Balaban J connectivity index is 2.46. The van der Waals surface area contributed by atoms with Gasteiger partial charge in [0.15, 0.2) is 0 Å². The molecule has 0 saturated carbocycles. The summed E-state index contributed by atoms with van der Waals surface area (Å²) in [5.41, 5.74) is 1.76. The van der Waals surface area contributed by atoms with Crippen molar-refractivity contribution < 1.29 is 29.3 Å². The van der Waals surface area contributed by atoms with E-state index in [1.165, 1.54) is 0 Å². The van der Waals surface area contributed by atoms with Gasteiger partial charge in [0.05, 0.1) is 12.0 Å². The van der Waals surface area contributed by atoms with E-state index >= 15 is 0 Å². The van der Waals surface area contributed by atoms with E-state index in [0.29, 0.717) is 23.1 Å². The van der Waals surface area contributed by atoms with E-state index < -0.39 is 42.3 Å². The molecule has 5 atom stereocenters. The first kappa shape index (κ1) is 20.1. The zero-order chi connectivity index (χ0) is 19.6. The summed E-state index contributed by atoms with van der Waals surface area (Å²) in [6, 6.07) is 0. The summed E-state index contributed by atoms with van der Waals surface area (Å²) in [7, 11) is 0. The minimum absolute atomic E-state index is 0.123. The lowest BCUT2D eigenvalue weighted by Gasteiger charge is -2.31. The Bertz CT molecular complexity index is 699. The van der Waals surface area contributed by atoms with Crippen molar-refractivity contribution in [2.45, 2.75) is 58.5 Å². The Kier molecular flexibility index (Phi) is 6.21. The molecule has 0 bridgehead atoms. The molecule has 0 aromatic rings. The van der Waals surface area contributed by atoms with Crippen molar-refractivity contribution >= 4 is 11.9 Å². The summed E-state index contributed by atoms with van der Waals surface area (Å²) in [6.07, 6.45) is 1.56. The van der Waals surface area contributed by atoms with Crippen molar-refractivity contribution in [1.29, 1.82) is 0 Å². The molecule has 0 aromatic carbocycles. The largest absolute Gasteiger partial charge is 0.454 e. The van der Waals surface area contributed by atoms with E-state index in [0.717, 1.165) is 0 Å². The van der Waals surface area contributed by atoms with Crippen molar-refractivity contribution in [1.82, 2.24) is 0 Å². The molecule has 5 unspecified atom stereocenters. The highest BCUT2D eigenvalue weighted by Crippen LogP contribution is 2.35. The summed E-state index contributed by atoms with van der Waals surface area (Å²) >= 11 is 0. The van der Waals surface area contributed by atoms with Gasteiger partial charge in [-0.2, -0.15) is 0 Å². The normalized spacial score (nSPS) is 37.0. The molecule has 0 spiro atoms. The fraction of sp³-hybridized carbons (Fsp3) is 0.500. The van der Waals surface area contributed by atoms with Crippen LogP contribution in [0.1, 0.15) is 34.1 Å². The zero-order valence-electron chi connectivity index (χ0n) is 15.6. The number of aliphatic hydroxyl groups is 2. The number of rotatable bonds is 2. The average Bonchev–Trinajstić information content (AvgIpc) is 2.88. The van der Waals surface area contributed by atoms with Crippen molar-refractivity contribution in [3.63, 3.8) is 0 Å². The topological polar surface area (TPSA) is 93.1 Å². The highest BCUT2D eigenvalue weighted by atomic mass is 16.6. The highest BCUT2D eigenvalue weighted by molar-refractivity contribution is 5.91. The van der Waals surface area contributed by atoms with E-state index in [1.807, 2.05) is 0 Å². The predicted molar refractivity (Wildman–Crippen MR) is 96.0 cm³/mol. The van der Waals surface area contributed by atoms with Crippen LogP contribution in [0.15, 0.2) is 47.1 Å². The summed E-state index contributed by atoms with van der Waals surface area (Å²) in [4.78, 5) is 24.2. The molecule has 1 aliphatic carbocycles. The molecule has 6 nitrogen and oxygen atoms in total.